The van der Waals surface area contributed by atoms with Gasteiger partial charge in [0, 0.05) is 62.9 Å². The number of amides is 1. The number of nitrogens with zero attached hydrogens (tertiary/aromatic N) is 5. The minimum atomic E-state index is -0.850. The molecule has 164 valence electrons. The van der Waals surface area contributed by atoms with Gasteiger partial charge in [-0.25, -0.2) is 14.4 Å². The zero-order valence-electron chi connectivity index (χ0n) is 17.7. The lowest BCUT2D eigenvalue weighted by molar-refractivity contribution is 0.0960. The van der Waals surface area contributed by atoms with Gasteiger partial charge in [0.1, 0.15) is 11.2 Å². The van der Waals surface area contributed by atoms with Crippen LogP contribution in [0.4, 0.5) is 10.1 Å². The molecule has 0 unspecified atom stereocenters. The average Bonchev–Trinajstić information content (AvgIpc) is 3.21. The number of phenolic OH excluding ortho intramolecular Hbond substituents is 1. The topological polar surface area (TPSA) is 108 Å². The van der Waals surface area contributed by atoms with Crippen molar-refractivity contribution < 1.29 is 14.3 Å². The highest BCUT2D eigenvalue weighted by molar-refractivity contribution is 6.05. The van der Waals surface area contributed by atoms with Gasteiger partial charge in [-0.1, -0.05) is 0 Å². The van der Waals surface area contributed by atoms with Crippen molar-refractivity contribution >= 4 is 33.4 Å². The van der Waals surface area contributed by atoms with Crippen LogP contribution in [0, 0.1) is 5.82 Å². The molecule has 10 heteroatoms. The summed E-state index contributed by atoms with van der Waals surface area (Å²) in [5.41, 5.74) is 1.82. The van der Waals surface area contributed by atoms with Crippen LogP contribution in [0.1, 0.15) is 10.5 Å². The molecule has 0 radical (unpaired) electrons. The molecule has 1 amide bonds. The van der Waals surface area contributed by atoms with Gasteiger partial charge in [0.05, 0.1) is 11.1 Å². The van der Waals surface area contributed by atoms with Crippen LogP contribution in [0.2, 0.25) is 0 Å². The Morgan fingerprint density at radius 3 is 2.75 bits per heavy atom. The highest BCUT2D eigenvalue weighted by atomic mass is 19.1. The molecule has 1 fully saturated rings. The lowest BCUT2D eigenvalue weighted by Gasteiger charge is -2.29. The van der Waals surface area contributed by atoms with Gasteiger partial charge in [-0.05, 0) is 24.3 Å². The molecule has 32 heavy (non-hydrogen) atoms. The van der Waals surface area contributed by atoms with E-state index in [2.05, 4.69) is 30.6 Å². The van der Waals surface area contributed by atoms with Gasteiger partial charge >= 0.3 is 0 Å². The Morgan fingerprint density at radius 1 is 1.22 bits per heavy atom. The summed E-state index contributed by atoms with van der Waals surface area (Å²) < 4.78 is 16.2. The molecule has 3 N–H and O–H groups in total. The van der Waals surface area contributed by atoms with Crippen LogP contribution < -0.4 is 15.5 Å². The van der Waals surface area contributed by atoms with Crippen molar-refractivity contribution in [3.05, 3.63) is 42.0 Å². The molecule has 1 aliphatic rings. The van der Waals surface area contributed by atoms with Crippen LogP contribution in [-0.2, 0) is 7.05 Å². The third-order valence-electron chi connectivity index (χ3n) is 5.67. The number of phenols is 1. The molecule has 4 aromatic rings. The van der Waals surface area contributed by atoms with Crippen LogP contribution >= 0.6 is 0 Å². The van der Waals surface area contributed by atoms with E-state index >= 15 is 0 Å². The van der Waals surface area contributed by atoms with E-state index in [9.17, 15) is 14.3 Å². The zero-order chi connectivity index (χ0) is 22.4. The molecule has 1 aliphatic heterocycles. The second-order valence-corrected chi connectivity index (χ2v) is 7.74. The molecular formula is C22H22FN7O2. The monoisotopic (exact) mass is 435 g/mol. The molecule has 3 heterocycles. The Hall–Kier alpha value is -3.79. The molecular weight excluding hydrogens is 413 g/mol. The summed E-state index contributed by atoms with van der Waals surface area (Å²) in [5, 5.41) is 21.6. The van der Waals surface area contributed by atoms with Crippen molar-refractivity contribution in [1.29, 1.82) is 0 Å². The largest absolute Gasteiger partial charge is 0.504 e. The van der Waals surface area contributed by atoms with Gasteiger partial charge in [-0.3, -0.25) is 9.48 Å². The summed E-state index contributed by atoms with van der Waals surface area (Å²) >= 11 is 0. The summed E-state index contributed by atoms with van der Waals surface area (Å²) in [6.45, 7) is 3.49. The number of anilines is 1. The first-order chi connectivity index (χ1) is 15.5. The molecule has 0 saturated carbocycles. The van der Waals surface area contributed by atoms with Crippen LogP contribution in [0.15, 0.2) is 30.5 Å². The van der Waals surface area contributed by atoms with E-state index in [0.717, 1.165) is 31.9 Å². The lowest BCUT2D eigenvalue weighted by atomic mass is 10.1. The van der Waals surface area contributed by atoms with Gasteiger partial charge in [0.25, 0.3) is 5.91 Å². The maximum absolute atomic E-state index is 14.8. The lowest BCUT2D eigenvalue weighted by Crippen LogP contribution is -2.43. The van der Waals surface area contributed by atoms with Crippen molar-refractivity contribution in [1.82, 2.24) is 30.4 Å². The van der Waals surface area contributed by atoms with Crippen molar-refractivity contribution in [3.8, 4) is 17.1 Å². The summed E-state index contributed by atoms with van der Waals surface area (Å²) in [6, 6.07) is 7.24. The van der Waals surface area contributed by atoms with Crippen molar-refractivity contribution in [2.24, 2.45) is 7.05 Å². The zero-order valence-corrected chi connectivity index (χ0v) is 17.7. The fourth-order valence-electron chi connectivity index (χ4n) is 4.06. The number of nitrogens with one attached hydrogen (secondary N) is 2. The first-order valence-electron chi connectivity index (χ1n) is 10.3. The minimum absolute atomic E-state index is 0.0572. The molecule has 0 atom stereocenters. The van der Waals surface area contributed by atoms with Crippen LogP contribution in [0.25, 0.3) is 33.2 Å². The number of halogens is 1. The number of aromatic hydroxyl groups is 1. The molecule has 0 bridgehead atoms. The number of fused-ring (bicyclic) bond motifs is 2. The molecule has 9 nitrogen and oxygen atoms in total. The fraction of sp³-hybridized carbons (Fsp3) is 0.273. The van der Waals surface area contributed by atoms with Crippen LogP contribution in [0.5, 0.6) is 5.75 Å². The number of carbonyl (C=O) groups excluding carboxylic acids is 1. The van der Waals surface area contributed by atoms with Gasteiger partial charge in [0.15, 0.2) is 17.4 Å². The highest BCUT2D eigenvalue weighted by Crippen LogP contribution is 2.36. The van der Waals surface area contributed by atoms with E-state index in [0.29, 0.717) is 16.3 Å². The Balaban J connectivity index is 1.70. The second-order valence-electron chi connectivity index (χ2n) is 7.74. The number of rotatable bonds is 3. The Kier molecular flexibility index (Phi) is 4.86. The Bertz CT molecular complexity index is 1360. The average molecular weight is 435 g/mol. The Morgan fingerprint density at radius 2 is 2.00 bits per heavy atom. The van der Waals surface area contributed by atoms with Gasteiger partial charge in [-0.2, -0.15) is 5.10 Å². The molecule has 5 rings (SSSR count). The molecule has 1 saturated heterocycles. The third kappa shape index (κ3) is 3.28. The Labute approximate surface area is 182 Å². The van der Waals surface area contributed by atoms with Crippen LogP contribution in [-0.4, -0.2) is 64.0 Å². The predicted molar refractivity (Wildman–Crippen MR) is 119 cm³/mol. The normalized spacial score (nSPS) is 14.3. The maximum Gasteiger partial charge on any atom is 0.270 e. The smallest absolute Gasteiger partial charge is 0.270 e. The number of carbonyl (C=O) groups is 1. The first kappa shape index (κ1) is 20.1. The standard InChI is InChI=1S/C22H22FN7O2/c1-24-22(32)19-14-10-13(30-7-5-25-6-8-30)3-4-16(14)26-21(27-19)15-9-12-11-29(2)28-18(12)17(23)20(15)31/h3-4,9-11,25,31H,5-8H2,1-2H3,(H,24,32). The molecule has 0 spiro atoms. The van der Waals surface area contributed by atoms with Crippen LogP contribution in [0.3, 0.4) is 0 Å². The highest BCUT2D eigenvalue weighted by Gasteiger charge is 2.22. The number of piperazine rings is 1. The number of aromatic nitrogens is 4. The molecule has 0 aliphatic carbocycles. The molecule has 2 aromatic carbocycles. The van der Waals surface area contributed by atoms with E-state index in [1.165, 1.54) is 11.7 Å². The number of benzene rings is 2. The van der Waals surface area contributed by atoms with Gasteiger partial charge < -0.3 is 20.6 Å². The van der Waals surface area contributed by atoms with E-state index < -0.39 is 17.5 Å². The van der Waals surface area contributed by atoms with E-state index in [-0.39, 0.29) is 22.6 Å². The van der Waals surface area contributed by atoms with E-state index in [1.807, 2.05) is 18.2 Å². The number of aryl methyl sites for hydroxylation is 1. The van der Waals surface area contributed by atoms with Crippen molar-refractivity contribution in [2.45, 2.75) is 0 Å². The maximum atomic E-state index is 14.8. The number of hydrogen-bond donors (Lipinski definition) is 3. The van der Waals surface area contributed by atoms with E-state index in [1.54, 1.807) is 19.3 Å². The summed E-state index contributed by atoms with van der Waals surface area (Å²) in [4.78, 5) is 23.9. The SMILES string of the molecule is CNC(=O)c1nc(-c2cc3cn(C)nc3c(F)c2O)nc2ccc(N3CCNCC3)cc12. The second kappa shape index (κ2) is 7.72. The third-order valence-corrected chi connectivity index (χ3v) is 5.67. The summed E-state index contributed by atoms with van der Waals surface area (Å²) in [6.07, 6.45) is 1.64. The number of hydrogen-bond acceptors (Lipinski definition) is 7. The van der Waals surface area contributed by atoms with Crippen molar-refractivity contribution in [2.75, 3.05) is 38.1 Å². The van der Waals surface area contributed by atoms with Crippen molar-refractivity contribution in [3.63, 3.8) is 0 Å². The predicted octanol–water partition coefficient (Wildman–Crippen LogP) is 1.80. The quantitative estimate of drug-likeness (QED) is 0.450. The van der Waals surface area contributed by atoms with Gasteiger partial charge in [0.2, 0.25) is 0 Å². The fourth-order valence-corrected chi connectivity index (χ4v) is 4.06. The molecule has 2 aromatic heterocycles. The van der Waals surface area contributed by atoms with E-state index in [4.69, 9.17) is 0 Å². The summed E-state index contributed by atoms with van der Waals surface area (Å²) in [5.74, 6) is -1.78. The van der Waals surface area contributed by atoms with Gasteiger partial charge in [-0.15, -0.1) is 0 Å². The minimum Gasteiger partial charge on any atom is -0.504 e. The summed E-state index contributed by atoms with van der Waals surface area (Å²) in [7, 11) is 3.19. The first-order valence-corrected chi connectivity index (χ1v) is 10.3.